The lowest BCUT2D eigenvalue weighted by Gasteiger charge is -2.45. The lowest BCUT2D eigenvalue weighted by molar-refractivity contribution is -0.384. The number of morpholine rings is 1. The second kappa shape index (κ2) is 7.79. The van der Waals surface area contributed by atoms with Gasteiger partial charge < -0.3 is 19.7 Å². The maximum absolute atomic E-state index is 12.7. The maximum Gasteiger partial charge on any atom is 0.269 e. The van der Waals surface area contributed by atoms with Crippen LogP contribution in [0.3, 0.4) is 0 Å². The molecule has 1 amide bonds. The molecular weight excluding hydrogens is 326 g/mol. The average molecular weight is 349 g/mol. The van der Waals surface area contributed by atoms with Crippen LogP contribution in [0.2, 0.25) is 0 Å². The number of nitro benzene ring substituents is 1. The van der Waals surface area contributed by atoms with Crippen LogP contribution in [0.4, 0.5) is 11.4 Å². The number of nitrogens with zero attached hydrogens (tertiary/aromatic N) is 2. The number of hydrogen-bond acceptors (Lipinski definition) is 6. The van der Waals surface area contributed by atoms with Gasteiger partial charge in [0.15, 0.2) is 0 Å². The summed E-state index contributed by atoms with van der Waals surface area (Å²) >= 11 is 0. The molecule has 1 fully saturated rings. The van der Waals surface area contributed by atoms with E-state index in [2.05, 4.69) is 10.2 Å². The van der Waals surface area contributed by atoms with Crippen molar-refractivity contribution >= 4 is 17.3 Å². The van der Waals surface area contributed by atoms with E-state index in [1.54, 1.807) is 19.2 Å². The van der Waals surface area contributed by atoms with Gasteiger partial charge in [-0.25, -0.2) is 0 Å². The molecule has 3 rings (SSSR count). The Kier molecular flexibility index (Phi) is 5.50. The molecule has 1 N–H and O–H groups in total. The SMILES string of the molecule is COCCCNC(=O)C1Cc2cc([N+](=O)[O-])ccc2N2CCOCC12. The van der Waals surface area contributed by atoms with Crippen molar-refractivity contribution in [2.75, 3.05) is 44.9 Å². The molecule has 2 heterocycles. The third-order valence-corrected chi connectivity index (χ3v) is 4.81. The first-order chi connectivity index (χ1) is 12.1. The highest BCUT2D eigenvalue weighted by atomic mass is 16.6. The number of amides is 1. The van der Waals surface area contributed by atoms with E-state index in [-0.39, 0.29) is 23.6 Å². The highest BCUT2D eigenvalue weighted by molar-refractivity contribution is 5.82. The Bertz CT molecular complexity index is 651. The van der Waals surface area contributed by atoms with E-state index < -0.39 is 4.92 Å². The molecule has 1 saturated heterocycles. The van der Waals surface area contributed by atoms with Crippen LogP contribution in [0, 0.1) is 16.0 Å². The van der Waals surface area contributed by atoms with Crippen LogP contribution in [0.25, 0.3) is 0 Å². The number of anilines is 1. The summed E-state index contributed by atoms with van der Waals surface area (Å²) < 4.78 is 10.6. The number of benzene rings is 1. The van der Waals surface area contributed by atoms with Crippen molar-refractivity contribution < 1.29 is 19.2 Å². The van der Waals surface area contributed by atoms with Crippen LogP contribution in [-0.2, 0) is 20.7 Å². The number of fused-ring (bicyclic) bond motifs is 3. The van der Waals surface area contributed by atoms with Crippen LogP contribution in [0.15, 0.2) is 18.2 Å². The van der Waals surface area contributed by atoms with Crippen molar-refractivity contribution in [1.29, 1.82) is 0 Å². The minimum atomic E-state index is -0.397. The normalized spacial score (nSPS) is 22.0. The van der Waals surface area contributed by atoms with Gasteiger partial charge in [-0.05, 0) is 24.5 Å². The molecule has 8 heteroatoms. The van der Waals surface area contributed by atoms with Crippen LogP contribution < -0.4 is 10.2 Å². The Morgan fingerprint density at radius 3 is 3.12 bits per heavy atom. The Morgan fingerprint density at radius 2 is 2.36 bits per heavy atom. The van der Waals surface area contributed by atoms with Crippen LogP contribution in [-0.4, -0.2) is 56.9 Å². The lowest BCUT2D eigenvalue weighted by atomic mass is 9.84. The van der Waals surface area contributed by atoms with Crippen molar-refractivity contribution in [3.05, 3.63) is 33.9 Å². The Balaban J connectivity index is 1.81. The number of hydrogen-bond donors (Lipinski definition) is 1. The topological polar surface area (TPSA) is 93.9 Å². The van der Waals surface area contributed by atoms with E-state index in [1.165, 1.54) is 6.07 Å². The summed E-state index contributed by atoms with van der Waals surface area (Å²) in [6.45, 7) is 2.92. The van der Waals surface area contributed by atoms with E-state index in [0.717, 1.165) is 17.7 Å². The molecule has 25 heavy (non-hydrogen) atoms. The maximum atomic E-state index is 12.7. The molecule has 0 bridgehead atoms. The predicted octanol–water partition coefficient (Wildman–Crippen LogP) is 1.12. The molecule has 1 aromatic rings. The zero-order valence-electron chi connectivity index (χ0n) is 14.3. The first-order valence-corrected chi connectivity index (χ1v) is 8.50. The predicted molar refractivity (Wildman–Crippen MR) is 91.7 cm³/mol. The van der Waals surface area contributed by atoms with Gasteiger partial charge in [-0.1, -0.05) is 0 Å². The van der Waals surface area contributed by atoms with Gasteiger partial charge in [0.25, 0.3) is 5.69 Å². The van der Waals surface area contributed by atoms with E-state index in [1.807, 2.05) is 0 Å². The summed E-state index contributed by atoms with van der Waals surface area (Å²) in [7, 11) is 1.63. The van der Waals surface area contributed by atoms with Crippen LogP contribution in [0.1, 0.15) is 12.0 Å². The molecule has 0 saturated carbocycles. The third-order valence-electron chi connectivity index (χ3n) is 4.81. The quantitative estimate of drug-likeness (QED) is 0.470. The zero-order valence-corrected chi connectivity index (χ0v) is 14.3. The number of nitro groups is 1. The second-order valence-electron chi connectivity index (χ2n) is 6.35. The van der Waals surface area contributed by atoms with Crippen LogP contribution in [0.5, 0.6) is 0 Å². The molecule has 8 nitrogen and oxygen atoms in total. The van der Waals surface area contributed by atoms with Crippen LogP contribution >= 0.6 is 0 Å². The molecule has 136 valence electrons. The number of carbonyl (C=O) groups is 1. The summed E-state index contributed by atoms with van der Waals surface area (Å²) in [5.41, 5.74) is 1.89. The minimum absolute atomic E-state index is 0.0336. The summed E-state index contributed by atoms with van der Waals surface area (Å²) in [5.74, 6) is -0.314. The first kappa shape index (κ1) is 17.6. The summed E-state index contributed by atoms with van der Waals surface area (Å²) in [5, 5.41) is 14.0. The molecule has 0 aromatic heterocycles. The monoisotopic (exact) mass is 349 g/mol. The molecule has 0 radical (unpaired) electrons. The second-order valence-corrected chi connectivity index (χ2v) is 6.35. The molecule has 0 aliphatic carbocycles. The lowest BCUT2D eigenvalue weighted by Crippen LogP contribution is -2.56. The highest BCUT2D eigenvalue weighted by Gasteiger charge is 2.40. The number of non-ortho nitro benzene ring substituents is 1. The van der Waals surface area contributed by atoms with Gasteiger partial charge >= 0.3 is 0 Å². The standard InChI is InChI=1S/C17H23N3O5/c1-24-7-2-5-18-17(21)14-10-12-9-13(20(22)23)3-4-15(12)19-6-8-25-11-16(14)19/h3-4,9,14,16H,2,5-8,10-11H2,1H3,(H,18,21). The summed E-state index contributed by atoms with van der Waals surface area (Å²) in [6, 6.07) is 4.87. The number of rotatable bonds is 6. The number of ether oxygens (including phenoxy) is 2. The Hall–Kier alpha value is -2.19. The van der Waals surface area contributed by atoms with Crippen molar-refractivity contribution in [1.82, 2.24) is 5.32 Å². The molecular formula is C17H23N3O5. The number of methoxy groups -OCH3 is 1. The largest absolute Gasteiger partial charge is 0.385 e. The van der Waals surface area contributed by atoms with Gasteiger partial charge in [0, 0.05) is 44.6 Å². The number of nitrogens with one attached hydrogen (secondary N) is 1. The van der Waals surface area contributed by atoms with Gasteiger partial charge in [-0.3, -0.25) is 14.9 Å². The fourth-order valence-corrected chi connectivity index (χ4v) is 3.58. The molecule has 0 spiro atoms. The fourth-order valence-electron chi connectivity index (χ4n) is 3.58. The summed E-state index contributed by atoms with van der Waals surface area (Å²) in [6.07, 6.45) is 1.24. The van der Waals surface area contributed by atoms with E-state index in [4.69, 9.17) is 9.47 Å². The van der Waals surface area contributed by atoms with Crippen molar-refractivity contribution in [3.8, 4) is 0 Å². The van der Waals surface area contributed by atoms with Gasteiger partial charge in [0.05, 0.1) is 30.1 Å². The molecule has 2 aliphatic heterocycles. The first-order valence-electron chi connectivity index (χ1n) is 8.50. The third kappa shape index (κ3) is 3.74. The van der Waals surface area contributed by atoms with Crippen molar-refractivity contribution in [2.45, 2.75) is 18.9 Å². The van der Waals surface area contributed by atoms with E-state index in [9.17, 15) is 14.9 Å². The molecule has 1 aromatic carbocycles. The molecule has 2 unspecified atom stereocenters. The smallest absolute Gasteiger partial charge is 0.269 e. The molecule has 2 aliphatic rings. The minimum Gasteiger partial charge on any atom is -0.385 e. The highest BCUT2D eigenvalue weighted by Crippen LogP contribution is 2.37. The zero-order chi connectivity index (χ0) is 17.8. The van der Waals surface area contributed by atoms with E-state index in [0.29, 0.717) is 39.3 Å². The number of carbonyl (C=O) groups excluding carboxylic acids is 1. The van der Waals surface area contributed by atoms with Crippen molar-refractivity contribution in [2.24, 2.45) is 5.92 Å². The fraction of sp³-hybridized carbons (Fsp3) is 0.588. The Labute approximate surface area is 146 Å². The van der Waals surface area contributed by atoms with Gasteiger partial charge in [0.2, 0.25) is 5.91 Å². The van der Waals surface area contributed by atoms with Gasteiger partial charge in [0.1, 0.15) is 0 Å². The van der Waals surface area contributed by atoms with Gasteiger partial charge in [-0.15, -0.1) is 0 Å². The van der Waals surface area contributed by atoms with Gasteiger partial charge in [-0.2, -0.15) is 0 Å². The van der Waals surface area contributed by atoms with E-state index >= 15 is 0 Å². The van der Waals surface area contributed by atoms with Crippen molar-refractivity contribution in [3.63, 3.8) is 0 Å². The molecule has 2 atom stereocenters. The summed E-state index contributed by atoms with van der Waals surface area (Å²) in [4.78, 5) is 25.5. The average Bonchev–Trinajstić information content (AvgIpc) is 2.63. The Morgan fingerprint density at radius 1 is 1.52 bits per heavy atom.